The second-order valence-corrected chi connectivity index (χ2v) is 4.09. The maximum absolute atomic E-state index is 11.4. The third kappa shape index (κ3) is 2.03. The molecule has 0 bridgehead atoms. The summed E-state index contributed by atoms with van der Waals surface area (Å²) < 4.78 is 0. The molecular formula is C13H13NO2. The van der Waals surface area contributed by atoms with Crippen LogP contribution in [0.2, 0.25) is 0 Å². The van der Waals surface area contributed by atoms with Gasteiger partial charge in [-0.05, 0) is 25.0 Å². The number of imide groups is 1. The van der Waals surface area contributed by atoms with E-state index in [0.29, 0.717) is 12.0 Å². The number of carbonyl (C=O) groups is 2. The number of amides is 2. The molecule has 3 nitrogen and oxygen atoms in total. The van der Waals surface area contributed by atoms with Crippen molar-refractivity contribution in [2.75, 3.05) is 0 Å². The van der Waals surface area contributed by atoms with Gasteiger partial charge in [0.15, 0.2) is 0 Å². The van der Waals surface area contributed by atoms with Crippen LogP contribution in [-0.4, -0.2) is 11.8 Å². The molecule has 1 heterocycles. The summed E-state index contributed by atoms with van der Waals surface area (Å²) in [6.07, 6.45) is 1.89. The average molecular weight is 215 g/mol. The van der Waals surface area contributed by atoms with Crippen LogP contribution >= 0.6 is 0 Å². The first kappa shape index (κ1) is 10.6. The predicted octanol–water partition coefficient (Wildman–Crippen LogP) is 1.43. The molecule has 1 aliphatic rings. The van der Waals surface area contributed by atoms with E-state index >= 15 is 0 Å². The normalized spacial score (nSPS) is 15.0. The minimum atomic E-state index is -0.315. The standard InChI is InChI=1S/C13H13NO2/c1-8-3-4-10(9(2)5-8)6-11-7-12(15)14-13(11)16/h3-5,7H,6H2,1-2H3,(H,14,15,16). The predicted molar refractivity (Wildman–Crippen MR) is 60.9 cm³/mol. The topological polar surface area (TPSA) is 46.2 Å². The number of rotatable bonds is 2. The van der Waals surface area contributed by atoms with Crippen LogP contribution < -0.4 is 5.32 Å². The largest absolute Gasteiger partial charge is 0.289 e. The van der Waals surface area contributed by atoms with Crippen LogP contribution in [0.5, 0.6) is 0 Å². The number of hydrogen-bond donors (Lipinski definition) is 1. The van der Waals surface area contributed by atoms with Crippen LogP contribution in [0.3, 0.4) is 0 Å². The third-order valence-electron chi connectivity index (χ3n) is 2.71. The van der Waals surface area contributed by atoms with Gasteiger partial charge in [0.2, 0.25) is 0 Å². The Labute approximate surface area is 94.2 Å². The number of carbonyl (C=O) groups excluding carboxylic acids is 2. The number of benzene rings is 1. The molecule has 1 aromatic carbocycles. The van der Waals surface area contributed by atoms with E-state index in [4.69, 9.17) is 0 Å². The van der Waals surface area contributed by atoms with Crippen molar-refractivity contribution < 1.29 is 9.59 Å². The molecule has 0 spiro atoms. The Bertz CT molecular complexity index is 501. The first-order valence-corrected chi connectivity index (χ1v) is 5.18. The van der Waals surface area contributed by atoms with Crippen LogP contribution in [0.15, 0.2) is 29.8 Å². The van der Waals surface area contributed by atoms with Gasteiger partial charge in [-0.2, -0.15) is 0 Å². The Hall–Kier alpha value is -1.90. The molecule has 1 aromatic rings. The minimum Gasteiger partial charge on any atom is -0.289 e. The smallest absolute Gasteiger partial charge is 0.254 e. The van der Waals surface area contributed by atoms with E-state index in [-0.39, 0.29) is 11.8 Å². The SMILES string of the molecule is Cc1ccc(CC2=CC(=O)NC2=O)c(C)c1. The van der Waals surface area contributed by atoms with Crippen LogP contribution in [0.25, 0.3) is 0 Å². The highest BCUT2D eigenvalue weighted by Crippen LogP contribution is 2.16. The van der Waals surface area contributed by atoms with Gasteiger partial charge in [-0.15, -0.1) is 0 Å². The van der Waals surface area contributed by atoms with E-state index in [0.717, 1.165) is 11.1 Å². The Morgan fingerprint density at radius 1 is 1.19 bits per heavy atom. The minimum absolute atomic E-state index is 0.273. The van der Waals surface area contributed by atoms with Gasteiger partial charge in [-0.25, -0.2) is 0 Å². The summed E-state index contributed by atoms with van der Waals surface area (Å²) in [7, 11) is 0. The Balaban J connectivity index is 2.25. The van der Waals surface area contributed by atoms with Crippen molar-refractivity contribution in [3.63, 3.8) is 0 Å². The van der Waals surface area contributed by atoms with Gasteiger partial charge in [-0.1, -0.05) is 23.8 Å². The van der Waals surface area contributed by atoms with E-state index in [1.165, 1.54) is 11.6 Å². The van der Waals surface area contributed by atoms with Gasteiger partial charge in [0.25, 0.3) is 11.8 Å². The van der Waals surface area contributed by atoms with Crippen molar-refractivity contribution in [2.45, 2.75) is 20.3 Å². The highest BCUT2D eigenvalue weighted by Gasteiger charge is 2.20. The quantitative estimate of drug-likeness (QED) is 0.758. The second kappa shape index (κ2) is 3.93. The fourth-order valence-electron chi connectivity index (χ4n) is 1.83. The van der Waals surface area contributed by atoms with E-state index in [1.807, 2.05) is 26.0 Å². The van der Waals surface area contributed by atoms with Gasteiger partial charge < -0.3 is 0 Å². The first-order valence-electron chi connectivity index (χ1n) is 5.18. The summed E-state index contributed by atoms with van der Waals surface area (Å²) >= 11 is 0. The molecule has 3 heteroatoms. The lowest BCUT2D eigenvalue weighted by molar-refractivity contribution is -0.123. The lowest BCUT2D eigenvalue weighted by atomic mass is 9.99. The lowest BCUT2D eigenvalue weighted by Crippen LogP contribution is -2.22. The highest BCUT2D eigenvalue weighted by molar-refractivity contribution is 6.16. The van der Waals surface area contributed by atoms with Gasteiger partial charge in [0.1, 0.15) is 0 Å². The van der Waals surface area contributed by atoms with Crippen molar-refractivity contribution in [1.82, 2.24) is 5.32 Å². The highest BCUT2D eigenvalue weighted by atomic mass is 16.2. The number of aryl methyl sites for hydroxylation is 2. The zero-order chi connectivity index (χ0) is 11.7. The first-order chi connectivity index (χ1) is 7.56. The Kier molecular flexibility index (Phi) is 2.60. The monoisotopic (exact) mass is 215 g/mol. The molecule has 82 valence electrons. The summed E-state index contributed by atoms with van der Waals surface area (Å²) in [6, 6.07) is 6.09. The summed E-state index contributed by atoms with van der Waals surface area (Å²) in [5.41, 5.74) is 3.97. The summed E-state index contributed by atoms with van der Waals surface area (Å²) in [6.45, 7) is 4.04. The Morgan fingerprint density at radius 2 is 1.94 bits per heavy atom. The molecule has 0 radical (unpaired) electrons. The molecule has 0 saturated heterocycles. The van der Waals surface area contributed by atoms with Crippen molar-refractivity contribution >= 4 is 11.8 Å². The van der Waals surface area contributed by atoms with Gasteiger partial charge >= 0.3 is 0 Å². The third-order valence-corrected chi connectivity index (χ3v) is 2.71. The van der Waals surface area contributed by atoms with E-state index in [1.54, 1.807) is 0 Å². The zero-order valence-corrected chi connectivity index (χ0v) is 9.33. The zero-order valence-electron chi connectivity index (χ0n) is 9.33. The molecule has 0 aliphatic carbocycles. The van der Waals surface area contributed by atoms with E-state index in [2.05, 4.69) is 11.4 Å². The molecule has 2 rings (SSSR count). The van der Waals surface area contributed by atoms with Gasteiger partial charge in [-0.3, -0.25) is 14.9 Å². The van der Waals surface area contributed by atoms with Gasteiger partial charge in [0.05, 0.1) is 0 Å². The average Bonchev–Trinajstić information content (AvgIpc) is 2.50. The van der Waals surface area contributed by atoms with E-state index < -0.39 is 0 Å². The maximum atomic E-state index is 11.4. The Morgan fingerprint density at radius 3 is 2.50 bits per heavy atom. The van der Waals surface area contributed by atoms with Crippen molar-refractivity contribution in [1.29, 1.82) is 0 Å². The molecule has 0 atom stereocenters. The molecule has 1 N–H and O–H groups in total. The van der Waals surface area contributed by atoms with E-state index in [9.17, 15) is 9.59 Å². The molecule has 16 heavy (non-hydrogen) atoms. The van der Waals surface area contributed by atoms with Crippen molar-refractivity contribution in [3.05, 3.63) is 46.5 Å². The molecule has 2 amide bonds. The molecule has 1 aliphatic heterocycles. The van der Waals surface area contributed by atoms with Crippen LogP contribution in [0, 0.1) is 13.8 Å². The lowest BCUT2D eigenvalue weighted by Gasteiger charge is -2.06. The van der Waals surface area contributed by atoms with Crippen LogP contribution in [0.4, 0.5) is 0 Å². The molecule has 0 saturated carbocycles. The fourth-order valence-corrected chi connectivity index (χ4v) is 1.83. The fraction of sp³-hybridized carbons (Fsp3) is 0.231. The van der Waals surface area contributed by atoms with Gasteiger partial charge in [0, 0.05) is 18.1 Å². The second-order valence-electron chi connectivity index (χ2n) is 4.09. The summed E-state index contributed by atoms with van der Waals surface area (Å²) in [5, 5.41) is 2.25. The number of nitrogens with one attached hydrogen (secondary N) is 1. The molecular weight excluding hydrogens is 202 g/mol. The van der Waals surface area contributed by atoms with Crippen molar-refractivity contribution in [2.24, 2.45) is 0 Å². The summed E-state index contributed by atoms with van der Waals surface area (Å²) in [4.78, 5) is 22.4. The van der Waals surface area contributed by atoms with Crippen LogP contribution in [0.1, 0.15) is 16.7 Å². The number of hydrogen-bond acceptors (Lipinski definition) is 2. The molecule has 0 aromatic heterocycles. The van der Waals surface area contributed by atoms with Crippen molar-refractivity contribution in [3.8, 4) is 0 Å². The van der Waals surface area contributed by atoms with Crippen LogP contribution in [-0.2, 0) is 16.0 Å². The summed E-state index contributed by atoms with van der Waals surface area (Å²) in [5.74, 6) is -0.588. The molecule has 0 unspecified atom stereocenters. The molecule has 0 fully saturated rings. The maximum Gasteiger partial charge on any atom is 0.254 e.